The zero-order valence-corrected chi connectivity index (χ0v) is 27.5. The Morgan fingerprint density at radius 1 is 0.915 bits per heavy atom. The van der Waals surface area contributed by atoms with E-state index in [-0.39, 0.29) is 18.1 Å². The molecule has 4 aromatic carbocycles. The van der Waals surface area contributed by atoms with Gasteiger partial charge in [0, 0.05) is 46.6 Å². The van der Waals surface area contributed by atoms with Crippen molar-refractivity contribution in [3.8, 4) is 0 Å². The lowest BCUT2D eigenvalue weighted by Gasteiger charge is -2.30. The molecule has 1 saturated heterocycles. The lowest BCUT2D eigenvalue weighted by atomic mass is 9.84. The second kappa shape index (κ2) is 16.8. The maximum atomic E-state index is 14.1. The molecule has 8 nitrogen and oxygen atoms in total. The quantitative estimate of drug-likeness (QED) is 0.176. The molecule has 47 heavy (non-hydrogen) atoms. The normalized spacial score (nSPS) is 17.6. The van der Waals surface area contributed by atoms with E-state index in [1.165, 1.54) is 7.11 Å². The van der Waals surface area contributed by atoms with Gasteiger partial charge in [-0.15, -0.1) is 0 Å². The molecule has 0 bridgehead atoms. The highest BCUT2D eigenvalue weighted by molar-refractivity contribution is 7.84. The van der Waals surface area contributed by atoms with Crippen molar-refractivity contribution in [2.75, 3.05) is 31.8 Å². The summed E-state index contributed by atoms with van der Waals surface area (Å²) in [5.74, 6) is -0.802. The Morgan fingerprint density at radius 2 is 1.55 bits per heavy atom. The lowest BCUT2D eigenvalue weighted by Crippen LogP contribution is -2.48. The Morgan fingerprint density at radius 3 is 2.19 bits per heavy atom. The van der Waals surface area contributed by atoms with Crippen LogP contribution in [0.4, 0.5) is 10.5 Å². The number of morpholine rings is 1. The predicted molar refractivity (Wildman–Crippen MR) is 187 cm³/mol. The third-order valence-electron chi connectivity index (χ3n) is 8.20. The van der Waals surface area contributed by atoms with Crippen LogP contribution in [0.3, 0.4) is 0 Å². The highest BCUT2D eigenvalue weighted by Crippen LogP contribution is 2.30. The number of carbonyl (C=O) groups is 2. The molecule has 1 aliphatic heterocycles. The number of hydrogen-bond donors (Lipinski definition) is 3. The molecule has 0 saturated carbocycles. The lowest BCUT2D eigenvalue weighted by molar-refractivity contribution is -0.118. The third-order valence-corrected chi connectivity index (χ3v) is 9.14. The van der Waals surface area contributed by atoms with Gasteiger partial charge in [0.2, 0.25) is 5.91 Å². The second-order valence-electron chi connectivity index (χ2n) is 11.4. The minimum absolute atomic E-state index is 0.0127. The first-order valence-corrected chi connectivity index (χ1v) is 17.3. The zero-order chi connectivity index (χ0) is 33.0. The molecule has 244 valence electrons. The number of para-hydroxylation sites is 1. The van der Waals surface area contributed by atoms with Gasteiger partial charge in [-0.2, -0.15) is 0 Å². The van der Waals surface area contributed by atoms with E-state index in [1.54, 1.807) is 6.26 Å². The summed E-state index contributed by atoms with van der Waals surface area (Å²) in [5, 5.41) is 9.38. The molecule has 9 heteroatoms. The van der Waals surface area contributed by atoms with Gasteiger partial charge in [-0.25, -0.2) is 4.79 Å². The van der Waals surface area contributed by atoms with Crippen molar-refractivity contribution >= 4 is 34.6 Å². The summed E-state index contributed by atoms with van der Waals surface area (Å²) >= 11 is 0. The van der Waals surface area contributed by atoms with Crippen molar-refractivity contribution in [3.05, 3.63) is 138 Å². The van der Waals surface area contributed by atoms with Crippen LogP contribution >= 0.6 is 0 Å². The molecule has 1 fully saturated rings. The number of alkyl carbamates (subject to hydrolysis) is 1. The van der Waals surface area contributed by atoms with Gasteiger partial charge < -0.3 is 25.4 Å². The molecule has 4 atom stereocenters. The number of ether oxygens (including phenoxy) is 2. The van der Waals surface area contributed by atoms with Crippen LogP contribution in [-0.4, -0.2) is 60.9 Å². The first-order valence-electron chi connectivity index (χ1n) is 15.7. The minimum atomic E-state index is -1.00. The SMILES string of the molecule is COC(=O)NC(C(=O)Nc1ccccc1CCC1CNCC(C=Cc2ccc(S(C)=O)cc2)O1)C(c1ccccc1)c1ccccc1. The molecule has 4 unspecified atom stereocenters. The number of amides is 2. The number of hydrogen-bond acceptors (Lipinski definition) is 6. The van der Waals surface area contributed by atoms with E-state index in [0.29, 0.717) is 12.1 Å². The van der Waals surface area contributed by atoms with Crippen LogP contribution in [0.25, 0.3) is 6.08 Å². The largest absolute Gasteiger partial charge is 0.453 e. The van der Waals surface area contributed by atoms with Crippen molar-refractivity contribution < 1.29 is 23.3 Å². The molecule has 0 spiro atoms. The van der Waals surface area contributed by atoms with E-state index in [1.807, 2.05) is 115 Å². The monoisotopic (exact) mass is 651 g/mol. The molecular formula is C38H41N3O5S. The maximum absolute atomic E-state index is 14.1. The Balaban J connectivity index is 1.28. The predicted octanol–water partition coefficient (Wildman–Crippen LogP) is 5.92. The van der Waals surface area contributed by atoms with Gasteiger partial charge >= 0.3 is 6.09 Å². The fourth-order valence-corrected chi connectivity index (χ4v) is 6.29. The van der Waals surface area contributed by atoms with Crippen LogP contribution in [0.1, 0.15) is 34.6 Å². The molecule has 3 N–H and O–H groups in total. The Kier molecular flexibility index (Phi) is 12.1. The number of aryl methyl sites for hydroxylation is 1. The van der Waals surface area contributed by atoms with E-state index in [4.69, 9.17) is 9.47 Å². The van der Waals surface area contributed by atoms with Gasteiger partial charge in [0.15, 0.2) is 0 Å². The Bertz CT molecular complexity index is 1620. The summed E-state index contributed by atoms with van der Waals surface area (Å²) in [6.07, 6.45) is 6.41. The number of nitrogens with one attached hydrogen (secondary N) is 3. The molecule has 0 radical (unpaired) electrons. The molecule has 4 aromatic rings. The van der Waals surface area contributed by atoms with E-state index in [9.17, 15) is 13.8 Å². The molecule has 1 heterocycles. The summed E-state index contributed by atoms with van der Waals surface area (Å²) < 4.78 is 23.0. The van der Waals surface area contributed by atoms with Gasteiger partial charge in [0.25, 0.3) is 0 Å². The minimum Gasteiger partial charge on any atom is -0.453 e. The standard InChI is InChI=1S/C38H41N3O5S/c1-45-38(43)41-36(35(29-12-5-3-6-13-29)30-14-7-4-8-15-30)37(42)40-34-16-10-9-11-28(34)20-22-32-26-39-25-31(46-32)21-17-27-18-23-33(24-19-27)47(2)44/h3-19,21,23-24,31-32,35-36,39H,20,22,25-26H2,1-2H3,(H,40,42)(H,41,43). The number of methoxy groups -OCH3 is 1. The summed E-state index contributed by atoms with van der Waals surface area (Å²) in [5.41, 5.74) is 4.47. The van der Waals surface area contributed by atoms with Crippen LogP contribution in [0, 0.1) is 0 Å². The number of carbonyl (C=O) groups excluding carboxylic acids is 2. The van der Waals surface area contributed by atoms with Crippen molar-refractivity contribution in [1.29, 1.82) is 0 Å². The Hall–Kier alpha value is -4.57. The fourth-order valence-electron chi connectivity index (χ4n) is 5.77. The van der Waals surface area contributed by atoms with Crippen LogP contribution in [0.5, 0.6) is 0 Å². The van der Waals surface area contributed by atoms with Crippen molar-refractivity contribution in [2.45, 2.75) is 41.9 Å². The number of anilines is 1. The van der Waals surface area contributed by atoms with E-state index >= 15 is 0 Å². The van der Waals surface area contributed by atoms with Crippen molar-refractivity contribution in [2.24, 2.45) is 0 Å². The summed E-state index contributed by atoms with van der Waals surface area (Å²) in [4.78, 5) is 27.4. The van der Waals surface area contributed by atoms with Crippen LogP contribution in [0.15, 0.2) is 120 Å². The highest BCUT2D eigenvalue weighted by Gasteiger charge is 2.33. The van der Waals surface area contributed by atoms with E-state index in [0.717, 1.165) is 46.7 Å². The smallest absolute Gasteiger partial charge is 0.407 e. The van der Waals surface area contributed by atoms with Gasteiger partial charge in [0.05, 0.1) is 19.3 Å². The van der Waals surface area contributed by atoms with Gasteiger partial charge in [-0.3, -0.25) is 9.00 Å². The Labute approximate surface area is 279 Å². The molecule has 1 aliphatic rings. The van der Waals surface area contributed by atoms with Crippen molar-refractivity contribution in [3.63, 3.8) is 0 Å². The average molecular weight is 652 g/mol. The van der Waals surface area contributed by atoms with Gasteiger partial charge in [-0.1, -0.05) is 103 Å². The highest BCUT2D eigenvalue weighted by atomic mass is 32.2. The van der Waals surface area contributed by atoms with Gasteiger partial charge in [0.1, 0.15) is 6.04 Å². The molecular weight excluding hydrogens is 611 g/mol. The fraction of sp³-hybridized carbons (Fsp3) is 0.263. The average Bonchev–Trinajstić information content (AvgIpc) is 3.11. The second-order valence-corrected chi connectivity index (χ2v) is 12.8. The summed E-state index contributed by atoms with van der Waals surface area (Å²) in [7, 11) is 0.286. The third kappa shape index (κ3) is 9.48. The van der Waals surface area contributed by atoms with E-state index < -0.39 is 28.9 Å². The topological polar surface area (TPSA) is 106 Å². The summed E-state index contributed by atoms with van der Waals surface area (Å²) in [6.45, 7) is 1.45. The van der Waals surface area contributed by atoms with E-state index in [2.05, 4.69) is 22.0 Å². The zero-order valence-electron chi connectivity index (χ0n) is 26.6. The maximum Gasteiger partial charge on any atom is 0.407 e. The van der Waals surface area contributed by atoms with Crippen LogP contribution < -0.4 is 16.0 Å². The molecule has 5 rings (SSSR count). The van der Waals surface area contributed by atoms with Gasteiger partial charge in [-0.05, 0) is 53.3 Å². The molecule has 0 aliphatic carbocycles. The first kappa shape index (κ1) is 33.8. The number of rotatable bonds is 12. The summed E-state index contributed by atoms with van der Waals surface area (Å²) in [6, 6.07) is 33.8. The van der Waals surface area contributed by atoms with Crippen LogP contribution in [-0.2, 0) is 31.5 Å². The number of benzene rings is 4. The van der Waals surface area contributed by atoms with Crippen LogP contribution in [0.2, 0.25) is 0 Å². The molecule has 2 amide bonds. The molecule has 0 aromatic heterocycles. The van der Waals surface area contributed by atoms with Crippen molar-refractivity contribution in [1.82, 2.24) is 10.6 Å². The first-order chi connectivity index (χ1) is 22.9.